The number of hydrogen-bond donors (Lipinski definition) is 1. The van der Waals surface area contributed by atoms with Crippen LogP contribution in [0.15, 0.2) is 30.3 Å². The van der Waals surface area contributed by atoms with Crippen LogP contribution in [0, 0.1) is 0 Å². The number of halogens is 1. The Kier molecular flexibility index (Phi) is 3.52. The maximum atomic E-state index is 5.52. The average molecular weight is 196 g/mol. The van der Waals surface area contributed by atoms with E-state index in [2.05, 4.69) is 30.3 Å². The number of fused-ring (bicyclic) bond motifs is 1. The third kappa shape index (κ3) is 1.93. The summed E-state index contributed by atoms with van der Waals surface area (Å²) in [6.45, 7) is 0.750. The Morgan fingerprint density at radius 2 is 2.00 bits per heavy atom. The molecule has 0 atom stereocenters. The van der Waals surface area contributed by atoms with E-state index in [1.807, 2.05) is 0 Å². The minimum atomic E-state index is 0. The molecule has 0 spiro atoms. The Labute approximate surface area is 85.1 Å². The molecule has 70 valence electrons. The summed E-state index contributed by atoms with van der Waals surface area (Å²) in [5.41, 5.74) is 9.80. The van der Waals surface area contributed by atoms with Crippen molar-refractivity contribution in [1.82, 2.24) is 0 Å². The van der Waals surface area contributed by atoms with Gasteiger partial charge in [0.2, 0.25) is 0 Å². The van der Waals surface area contributed by atoms with Gasteiger partial charge in [0.25, 0.3) is 0 Å². The second-order valence-electron chi connectivity index (χ2n) is 3.13. The van der Waals surface area contributed by atoms with Gasteiger partial charge in [0, 0.05) is 0 Å². The molecule has 0 amide bonds. The van der Waals surface area contributed by atoms with E-state index < -0.39 is 0 Å². The second-order valence-corrected chi connectivity index (χ2v) is 3.13. The van der Waals surface area contributed by atoms with Crippen molar-refractivity contribution in [3.8, 4) is 0 Å². The standard InChI is InChI=1S/C11H13N.ClH/c12-8-7-10-6-5-9-3-1-2-4-11(9)10;/h1-4,6H,5,7-8,12H2;1H. The van der Waals surface area contributed by atoms with Gasteiger partial charge in [-0.3, -0.25) is 0 Å². The molecule has 0 aliphatic heterocycles. The monoisotopic (exact) mass is 195 g/mol. The molecule has 0 bridgehead atoms. The highest BCUT2D eigenvalue weighted by Crippen LogP contribution is 2.28. The Morgan fingerprint density at radius 1 is 1.23 bits per heavy atom. The van der Waals surface area contributed by atoms with E-state index in [1.165, 1.54) is 16.7 Å². The van der Waals surface area contributed by atoms with E-state index in [9.17, 15) is 0 Å². The first-order chi connectivity index (χ1) is 5.92. The van der Waals surface area contributed by atoms with Crippen molar-refractivity contribution in [3.05, 3.63) is 41.5 Å². The zero-order valence-corrected chi connectivity index (χ0v) is 8.31. The van der Waals surface area contributed by atoms with Crippen LogP contribution in [0.25, 0.3) is 5.57 Å². The van der Waals surface area contributed by atoms with Crippen LogP contribution in [-0.2, 0) is 6.42 Å². The molecule has 2 N–H and O–H groups in total. The summed E-state index contributed by atoms with van der Waals surface area (Å²) in [5, 5.41) is 0. The van der Waals surface area contributed by atoms with Gasteiger partial charge >= 0.3 is 0 Å². The lowest BCUT2D eigenvalue weighted by Gasteiger charge is -2.02. The van der Waals surface area contributed by atoms with Crippen molar-refractivity contribution in [2.24, 2.45) is 5.73 Å². The molecule has 0 heterocycles. The van der Waals surface area contributed by atoms with E-state index >= 15 is 0 Å². The van der Waals surface area contributed by atoms with Crippen molar-refractivity contribution >= 4 is 18.0 Å². The molecule has 0 saturated heterocycles. The highest BCUT2D eigenvalue weighted by Gasteiger charge is 2.11. The highest BCUT2D eigenvalue weighted by molar-refractivity contribution is 5.85. The van der Waals surface area contributed by atoms with Crippen LogP contribution >= 0.6 is 12.4 Å². The van der Waals surface area contributed by atoms with Gasteiger partial charge in [-0.05, 0) is 36.1 Å². The minimum absolute atomic E-state index is 0. The van der Waals surface area contributed by atoms with Crippen molar-refractivity contribution in [2.45, 2.75) is 12.8 Å². The van der Waals surface area contributed by atoms with Crippen LogP contribution in [0.1, 0.15) is 17.5 Å². The van der Waals surface area contributed by atoms with Gasteiger partial charge in [-0.25, -0.2) is 0 Å². The van der Waals surface area contributed by atoms with Crippen LogP contribution in [-0.4, -0.2) is 6.54 Å². The topological polar surface area (TPSA) is 26.0 Å². The Hall–Kier alpha value is -0.790. The Morgan fingerprint density at radius 3 is 2.77 bits per heavy atom. The Balaban J connectivity index is 0.000000845. The zero-order chi connectivity index (χ0) is 8.39. The predicted octanol–water partition coefficient (Wildman–Crippen LogP) is 2.40. The van der Waals surface area contributed by atoms with Crippen molar-refractivity contribution in [1.29, 1.82) is 0 Å². The molecule has 0 saturated carbocycles. The normalized spacial score (nSPS) is 13.2. The van der Waals surface area contributed by atoms with Crippen LogP contribution in [0.2, 0.25) is 0 Å². The molecule has 1 aliphatic rings. The number of hydrogen-bond acceptors (Lipinski definition) is 1. The molecule has 0 unspecified atom stereocenters. The molecule has 1 nitrogen and oxygen atoms in total. The third-order valence-corrected chi connectivity index (χ3v) is 2.35. The van der Waals surface area contributed by atoms with Gasteiger partial charge in [-0.1, -0.05) is 30.3 Å². The quantitative estimate of drug-likeness (QED) is 0.771. The van der Waals surface area contributed by atoms with Gasteiger partial charge in [-0.2, -0.15) is 0 Å². The highest BCUT2D eigenvalue weighted by atomic mass is 35.5. The largest absolute Gasteiger partial charge is 0.330 e. The third-order valence-electron chi connectivity index (χ3n) is 2.35. The Bertz CT molecular complexity index is 318. The van der Waals surface area contributed by atoms with Crippen molar-refractivity contribution in [2.75, 3.05) is 6.54 Å². The minimum Gasteiger partial charge on any atom is -0.330 e. The first kappa shape index (κ1) is 10.3. The fourth-order valence-corrected chi connectivity index (χ4v) is 1.75. The lowest BCUT2D eigenvalue weighted by Crippen LogP contribution is -1.98. The zero-order valence-electron chi connectivity index (χ0n) is 7.49. The van der Waals surface area contributed by atoms with E-state index in [-0.39, 0.29) is 12.4 Å². The average Bonchev–Trinajstić information content (AvgIpc) is 2.50. The summed E-state index contributed by atoms with van der Waals surface area (Å²) >= 11 is 0. The van der Waals surface area contributed by atoms with Crippen LogP contribution in [0.3, 0.4) is 0 Å². The van der Waals surface area contributed by atoms with Gasteiger partial charge in [0.1, 0.15) is 0 Å². The van der Waals surface area contributed by atoms with E-state index in [1.54, 1.807) is 0 Å². The molecule has 1 aromatic carbocycles. The number of rotatable bonds is 2. The molecule has 0 radical (unpaired) electrons. The first-order valence-electron chi connectivity index (χ1n) is 4.39. The molecular formula is C11H14ClN. The second kappa shape index (κ2) is 4.45. The molecule has 1 aromatic rings. The summed E-state index contributed by atoms with van der Waals surface area (Å²) < 4.78 is 0. The molecule has 0 fully saturated rings. The lowest BCUT2D eigenvalue weighted by molar-refractivity contribution is 1.02. The predicted molar refractivity (Wildman–Crippen MR) is 59.0 cm³/mol. The van der Waals surface area contributed by atoms with E-state index in [0.29, 0.717) is 0 Å². The van der Waals surface area contributed by atoms with E-state index in [4.69, 9.17) is 5.73 Å². The van der Waals surface area contributed by atoms with Crippen LogP contribution in [0.5, 0.6) is 0 Å². The summed E-state index contributed by atoms with van der Waals surface area (Å²) in [6.07, 6.45) is 4.39. The first-order valence-corrected chi connectivity index (χ1v) is 4.39. The molecular weight excluding hydrogens is 182 g/mol. The number of nitrogens with two attached hydrogens (primary N) is 1. The number of benzene rings is 1. The molecule has 13 heavy (non-hydrogen) atoms. The fourth-order valence-electron chi connectivity index (χ4n) is 1.75. The maximum Gasteiger partial charge on any atom is -0.00366 e. The van der Waals surface area contributed by atoms with Gasteiger partial charge in [-0.15, -0.1) is 12.4 Å². The summed E-state index contributed by atoms with van der Waals surface area (Å²) in [7, 11) is 0. The smallest absolute Gasteiger partial charge is 0.00366 e. The SMILES string of the molecule is Cl.NCCC1=CCc2ccccc21. The summed E-state index contributed by atoms with van der Waals surface area (Å²) in [4.78, 5) is 0. The number of allylic oxidation sites excluding steroid dienone is 1. The maximum absolute atomic E-state index is 5.52. The van der Waals surface area contributed by atoms with Gasteiger partial charge < -0.3 is 5.73 Å². The van der Waals surface area contributed by atoms with Crippen LogP contribution in [0.4, 0.5) is 0 Å². The fraction of sp³-hybridized carbons (Fsp3) is 0.273. The summed E-state index contributed by atoms with van der Waals surface area (Å²) in [6, 6.07) is 8.56. The molecule has 1 aliphatic carbocycles. The van der Waals surface area contributed by atoms with Gasteiger partial charge in [0.15, 0.2) is 0 Å². The van der Waals surface area contributed by atoms with Gasteiger partial charge in [0.05, 0.1) is 0 Å². The lowest BCUT2D eigenvalue weighted by atomic mass is 10.0. The molecule has 2 rings (SSSR count). The van der Waals surface area contributed by atoms with Crippen LogP contribution < -0.4 is 5.73 Å². The van der Waals surface area contributed by atoms with E-state index in [0.717, 1.165) is 19.4 Å². The van der Waals surface area contributed by atoms with Crippen molar-refractivity contribution < 1.29 is 0 Å². The summed E-state index contributed by atoms with van der Waals surface area (Å²) in [5.74, 6) is 0. The molecule has 0 aromatic heterocycles. The molecule has 2 heteroatoms. The van der Waals surface area contributed by atoms with Crippen molar-refractivity contribution in [3.63, 3.8) is 0 Å².